The van der Waals surface area contributed by atoms with E-state index >= 15 is 0 Å². The molecule has 3 atom stereocenters. The van der Waals surface area contributed by atoms with Crippen LogP contribution >= 0.6 is 11.6 Å². The third kappa shape index (κ3) is 2.29. The molecule has 0 aromatic heterocycles. The average Bonchev–Trinajstić information content (AvgIpc) is 2.33. The molecule has 1 aromatic carbocycles. The molecule has 1 aliphatic rings. The molecule has 1 saturated carbocycles. The fourth-order valence-corrected chi connectivity index (χ4v) is 2.81. The van der Waals surface area contributed by atoms with E-state index in [1.165, 1.54) is 0 Å². The molecule has 0 amide bonds. The zero-order chi connectivity index (χ0) is 12.5. The lowest BCUT2D eigenvalue weighted by atomic mass is 9.61. The van der Waals surface area contributed by atoms with Gasteiger partial charge < -0.3 is 10.1 Å². The largest absolute Gasteiger partial charge is 0.490 e. The van der Waals surface area contributed by atoms with Gasteiger partial charge >= 0.3 is 0 Å². The van der Waals surface area contributed by atoms with Gasteiger partial charge in [-0.05, 0) is 31.7 Å². The summed E-state index contributed by atoms with van der Waals surface area (Å²) in [7, 11) is 2.02. The standard InChI is InChI=1S/C14H20ClNO/c1-4-14(2)12(16-3)9-13(14)17-11-7-5-6-10(15)8-11/h5-8,12-13,16H,4,9H2,1-3H3. The Morgan fingerprint density at radius 2 is 2.29 bits per heavy atom. The molecule has 3 unspecified atom stereocenters. The molecule has 0 bridgehead atoms. The highest BCUT2D eigenvalue weighted by Gasteiger charge is 2.51. The van der Waals surface area contributed by atoms with Crippen molar-refractivity contribution in [1.82, 2.24) is 5.32 Å². The number of hydrogen-bond donors (Lipinski definition) is 1. The van der Waals surface area contributed by atoms with Crippen molar-refractivity contribution in [2.24, 2.45) is 5.41 Å². The summed E-state index contributed by atoms with van der Waals surface area (Å²) in [6.45, 7) is 4.50. The molecule has 1 aliphatic carbocycles. The van der Waals surface area contributed by atoms with E-state index in [2.05, 4.69) is 19.2 Å². The number of benzene rings is 1. The lowest BCUT2D eigenvalue weighted by molar-refractivity contribution is -0.0677. The highest BCUT2D eigenvalue weighted by molar-refractivity contribution is 6.30. The number of nitrogens with one attached hydrogen (secondary N) is 1. The van der Waals surface area contributed by atoms with Crippen molar-refractivity contribution >= 4 is 11.6 Å². The smallest absolute Gasteiger partial charge is 0.121 e. The van der Waals surface area contributed by atoms with Crippen LogP contribution < -0.4 is 10.1 Å². The normalized spacial score (nSPS) is 32.0. The van der Waals surface area contributed by atoms with Gasteiger partial charge in [-0.1, -0.05) is 31.5 Å². The molecular formula is C14H20ClNO. The number of hydrogen-bond acceptors (Lipinski definition) is 2. The van der Waals surface area contributed by atoms with Gasteiger partial charge in [0.05, 0.1) is 0 Å². The van der Waals surface area contributed by atoms with Crippen LogP contribution in [0.1, 0.15) is 26.7 Å². The van der Waals surface area contributed by atoms with Crippen LogP contribution in [0.4, 0.5) is 0 Å². The molecule has 0 radical (unpaired) electrons. The van der Waals surface area contributed by atoms with Crippen molar-refractivity contribution in [3.8, 4) is 5.75 Å². The van der Waals surface area contributed by atoms with E-state index in [-0.39, 0.29) is 11.5 Å². The van der Waals surface area contributed by atoms with Crippen molar-refractivity contribution in [2.45, 2.75) is 38.8 Å². The molecule has 0 heterocycles. The van der Waals surface area contributed by atoms with Gasteiger partial charge in [0.2, 0.25) is 0 Å². The Bertz CT molecular complexity index is 396. The Balaban J connectivity index is 2.06. The van der Waals surface area contributed by atoms with Crippen molar-refractivity contribution in [1.29, 1.82) is 0 Å². The summed E-state index contributed by atoms with van der Waals surface area (Å²) in [5, 5.41) is 4.09. The minimum atomic E-state index is 0.219. The summed E-state index contributed by atoms with van der Waals surface area (Å²) in [6.07, 6.45) is 2.46. The maximum atomic E-state index is 6.05. The molecular weight excluding hydrogens is 234 g/mol. The van der Waals surface area contributed by atoms with E-state index < -0.39 is 0 Å². The predicted molar refractivity (Wildman–Crippen MR) is 71.7 cm³/mol. The van der Waals surface area contributed by atoms with Gasteiger partial charge in [-0.25, -0.2) is 0 Å². The lowest BCUT2D eigenvalue weighted by Gasteiger charge is -2.53. The summed E-state index contributed by atoms with van der Waals surface area (Å²) < 4.78 is 6.05. The van der Waals surface area contributed by atoms with Gasteiger partial charge in [0.1, 0.15) is 11.9 Å². The topological polar surface area (TPSA) is 21.3 Å². The Morgan fingerprint density at radius 3 is 2.88 bits per heavy atom. The van der Waals surface area contributed by atoms with Crippen LogP contribution in [0.3, 0.4) is 0 Å². The lowest BCUT2D eigenvalue weighted by Crippen LogP contribution is -2.62. The highest BCUT2D eigenvalue weighted by atomic mass is 35.5. The summed E-state index contributed by atoms with van der Waals surface area (Å²) in [6, 6.07) is 8.19. The highest BCUT2D eigenvalue weighted by Crippen LogP contribution is 2.45. The molecule has 2 nitrogen and oxygen atoms in total. The molecule has 17 heavy (non-hydrogen) atoms. The predicted octanol–water partition coefficient (Wildman–Crippen LogP) is 3.50. The fraction of sp³-hybridized carbons (Fsp3) is 0.571. The van der Waals surface area contributed by atoms with Crippen LogP contribution in [0.2, 0.25) is 5.02 Å². The van der Waals surface area contributed by atoms with Crippen molar-refractivity contribution in [3.63, 3.8) is 0 Å². The van der Waals surface area contributed by atoms with Gasteiger partial charge in [-0.2, -0.15) is 0 Å². The van der Waals surface area contributed by atoms with Gasteiger partial charge in [0, 0.05) is 22.9 Å². The number of halogens is 1. The molecule has 2 rings (SSSR count). The van der Waals surface area contributed by atoms with Crippen LogP contribution in [0.15, 0.2) is 24.3 Å². The number of ether oxygens (including phenoxy) is 1. The first-order valence-electron chi connectivity index (χ1n) is 6.19. The van der Waals surface area contributed by atoms with Crippen LogP contribution in [0.25, 0.3) is 0 Å². The first-order chi connectivity index (χ1) is 8.10. The van der Waals surface area contributed by atoms with E-state index in [1.54, 1.807) is 0 Å². The van der Waals surface area contributed by atoms with Gasteiger partial charge in [-0.15, -0.1) is 0 Å². The Hall–Kier alpha value is -0.730. The Labute approximate surface area is 108 Å². The maximum absolute atomic E-state index is 6.05. The number of rotatable bonds is 4. The zero-order valence-corrected chi connectivity index (χ0v) is 11.4. The fourth-order valence-electron chi connectivity index (χ4n) is 2.63. The summed E-state index contributed by atoms with van der Waals surface area (Å²) >= 11 is 5.96. The molecule has 1 fully saturated rings. The van der Waals surface area contributed by atoms with Crippen molar-refractivity contribution < 1.29 is 4.74 Å². The maximum Gasteiger partial charge on any atom is 0.121 e. The Kier molecular flexibility index (Phi) is 3.64. The second-order valence-corrected chi connectivity index (χ2v) is 5.44. The third-order valence-electron chi connectivity index (χ3n) is 4.17. The quantitative estimate of drug-likeness (QED) is 0.887. The molecule has 1 aromatic rings. The van der Waals surface area contributed by atoms with Crippen LogP contribution in [0, 0.1) is 5.41 Å². The van der Waals surface area contributed by atoms with Gasteiger partial charge in [0.25, 0.3) is 0 Å². The summed E-state index contributed by atoms with van der Waals surface area (Å²) in [4.78, 5) is 0. The monoisotopic (exact) mass is 253 g/mol. The SMILES string of the molecule is CCC1(C)C(NC)CC1Oc1cccc(Cl)c1. The molecule has 0 aliphatic heterocycles. The van der Waals surface area contributed by atoms with Crippen LogP contribution in [-0.2, 0) is 0 Å². The van der Waals surface area contributed by atoms with E-state index in [4.69, 9.17) is 16.3 Å². The van der Waals surface area contributed by atoms with E-state index in [9.17, 15) is 0 Å². The zero-order valence-electron chi connectivity index (χ0n) is 10.7. The first kappa shape index (κ1) is 12.7. The first-order valence-corrected chi connectivity index (χ1v) is 6.57. The van der Waals surface area contributed by atoms with E-state index in [0.29, 0.717) is 6.04 Å². The Morgan fingerprint density at radius 1 is 1.53 bits per heavy atom. The van der Waals surface area contributed by atoms with Gasteiger partial charge in [-0.3, -0.25) is 0 Å². The molecule has 94 valence electrons. The molecule has 1 N–H and O–H groups in total. The minimum absolute atomic E-state index is 0.219. The molecule has 0 spiro atoms. The third-order valence-corrected chi connectivity index (χ3v) is 4.40. The second-order valence-electron chi connectivity index (χ2n) is 5.00. The minimum Gasteiger partial charge on any atom is -0.490 e. The van der Waals surface area contributed by atoms with E-state index in [1.807, 2.05) is 31.3 Å². The van der Waals surface area contributed by atoms with Crippen LogP contribution in [-0.4, -0.2) is 19.2 Å². The van der Waals surface area contributed by atoms with Crippen molar-refractivity contribution in [3.05, 3.63) is 29.3 Å². The average molecular weight is 254 g/mol. The molecule has 3 heteroatoms. The van der Waals surface area contributed by atoms with Gasteiger partial charge in [0.15, 0.2) is 0 Å². The second kappa shape index (κ2) is 4.87. The summed E-state index contributed by atoms with van der Waals surface area (Å²) in [5.41, 5.74) is 0.219. The van der Waals surface area contributed by atoms with Crippen LogP contribution in [0.5, 0.6) is 5.75 Å². The molecule has 0 saturated heterocycles. The van der Waals surface area contributed by atoms with Crippen molar-refractivity contribution in [2.75, 3.05) is 7.05 Å². The van der Waals surface area contributed by atoms with E-state index in [0.717, 1.165) is 23.6 Å². The summed E-state index contributed by atoms with van der Waals surface area (Å²) in [5.74, 6) is 0.872.